The van der Waals surface area contributed by atoms with Crippen molar-refractivity contribution in [2.45, 2.75) is 255 Å². The lowest BCUT2D eigenvalue weighted by Crippen LogP contribution is -2.63. The molecular weight excluding hydrogens is 1090 g/mol. The minimum absolute atomic E-state index is 0.0151. The second-order valence-corrected chi connectivity index (χ2v) is 23.6. The molecule has 0 aromatic heterocycles. The normalized spacial score (nSPS) is 51.6. The maximum absolute atomic E-state index is 13.2. The molecule has 81 heavy (non-hydrogen) atoms. The molecule has 0 radical (unpaired) electrons. The number of Topliss-reactive ketones (excluding diaryl/α,β-unsaturated/α-hetero) is 1. The van der Waals surface area contributed by atoms with E-state index in [2.05, 4.69) is 0 Å². The molecule has 464 valence electrons. The summed E-state index contributed by atoms with van der Waals surface area (Å²) < 4.78 is 57.9. The van der Waals surface area contributed by atoms with Crippen LogP contribution in [0.4, 0.5) is 0 Å². The number of ether oxygens (including phenoxy) is 10. The first kappa shape index (κ1) is 63.1. The Morgan fingerprint density at radius 3 is 1.57 bits per heavy atom. The van der Waals surface area contributed by atoms with Crippen molar-refractivity contribution in [1.82, 2.24) is 0 Å². The SMILES string of the molecule is O=C(CC(=O)OC[C@H]1O[C@@H](OC2CC(O)C3C(=O)CC(C4CCC(O)C(O)C4)OC3C2)[C@H](O)[C@@H](O)[C@@H]1O)OC[C@H]1O[C@@H](OC[C@H]2O[C@@H](OC3CC4C(O)CC(O)CC4OC3C3CC(O)C(O)C(O)C3)[C@H](O)[C@@H](O)[C@@H]2O)[C@H](O)[C@@H](O)[C@@H]1O. The molecule has 0 amide bonds. The highest BCUT2D eigenvalue weighted by molar-refractivity contribution is 5.91. The number of hydrogen-bond acceptors (Lipinski definition) is 30. The summed E-state index contributed by atoms with van der Waals surface area (Å²) in [4.78, 5) is 38.9. The fourth-order valence-corrected chi connectivity index (χ4v) is 13.3. The lowest BCUT2D eigenvalue weighted by atomic mass is 9.72. The molecule has 9 aliphatic rings. The molecule has 5 aliphatic heterocycles. The Labute approximate surface area is 463 Å². The Kier molecular flexibility index (Phi) is 20.8. The van der Waals surface area contributed by atoms with Crippen molar-refractivity contribution < 1.29 is 149 Å². The van der Waals surface area contributed by atoms with E-state index in [4.69, 9.17) is 47.4 Å². The summed E-state index contributed by atoms with van der Waals surface area (Å²) in [5, 5.41) is 181. The van der Waals surface area contributed by atoms with Crippen LogP contribution in [0.25, 0.3) is 0 Å². The average Bonchev–Trinajstić information content (AvgIpc) is 3.60. The molecule has 0 aromatic carbocycles. The number of carbonyl (C=O) groups excluding carboxylic acids is 3. The van der Waals surface area contributed by atoms with Gasteiger partial charge in [0.15, 0.2) is 18.9 Å². The van der Waals surface area contributed by atoms with Crippen LogP contribution < -0.4 is 0 Å². The van der Waals surface area contributed by atoms with E-state index in [0.717, 1.165) is 0 Å². The molecule has 9 rings (SSSR count). The van der Waals surface area contributed by atoms with E-state index in [1.54, 1.807) is 0 Å². The second kappa shape index (κ2) is 26.7. The largest absolute Gasteiger partial charge is 0.462 e. The highest BCUT2D eigenvalue weighted by Gasteiger charge is 2.55. The molecule has 5 saturated heterocycles. The molecule has 17 N–H and O–H groups in total. The van der Waals surface area contributed by atoms with Crippen molar-refractivity contribution >= 4 is 17.7 Å². The van der Waals surface area contributed by atoms with E-state index >= 15 is 0 Å². The lowest BCUT2D eigenvalue weighted by molar-refractivity contribution is -0.347. The number of rotatable bonds is 15. The molecule has 4 aliphatic carbocycles. The highest BCUT2D eigenvalue weighted by atomic mass is 16.7. The van der Waals surface area contributed by atoms with Crippen LogP contribution in [0, 0.1) is 23.7 Å². The third-order valence-electron chi connectivity index (χ3n) is 18.0. The Hall–Kier alpha value is -2.39. The number of carbonyl (C=O) groups is 3. The van der Waals surface area contributed by atoms with Crippen LogP contribution in [0.1, 0.15) is 77.0 Å². The van der Waals surface area contributed by atoms with E-state index in [1.807, 2.05) is 0 Å². The standard InChI is InChI=1S/C51H80O30/c52-18-6-22(54)20-10-31(48(77-29(20)7-18)17-4-26(58)38(62)27(59)5-17)78-51-47(71)44(68)41(65)34(81-51)15-74-49-45(69)42(66)39(63)32(79-49)13-72-35(60)12-36(61)73-14-33-40(64)43(67)46(70)50(80-33)75-19-8-24(56)37-25(57)11-28(76-30(37)9-19)16-1-2-21(53)23(55)3-16/h16-24,26-34,37-56,58-59,62-71H,1-15H2/t16?,17?,18?,19?,20?,21?,22?,23?,24?,26?,27?,28?,29?,30?,31?,32-,33-,34-,37?,38?,39-,40-,41-,42+,43+,44+,45-,46-,47-,48?,49-,50-,51-/m1/s1. The van der Waals surface area contributed by atoms with Crippen LogP contribution in [0.15, 0.2) is 0 Å². The van der Waals surface area contributed by atoms with Crippen LogP contribution in [0.2, 0.25) is 0 Å². The van der Waals surface area contributed by atoms with Gasteiger partial charge in [-0.05, 0) is 63.2 Å². The van der Waals surface area contributed by atoms with Gasteiger partial charge < -0.3 is 134 Å². The van der Waals surface area contributed by atoms with Gasteiger partial charge in [-0.25, -0.2) is 0 Å². The summed E-state index contributed by atoms with van der Waals surface area (Å²) in [7, 11) is 0. The fourth-order valence-electron chi connectivity index (χ4n) is 13.3. The van der Waals surface area contributed by atoms with Gasteiger partial charge in [0.05, 0.1) is 91.9 Å². The molecule has 5 heterocycles. The van der Waals surface area contributed by atoms with Crippen LogP contribution >= 0.6 is 0 Å². The van der Waals surface area contributed by atoms with Crippen molar-refractivity contribution in [2.24, 2.45) is 23.7 Å². The second-order valence-electron chi connectivity index (χ2n) is 23.6. The van der Waals surface area contributed by atoms with Gasteiger partial charge >= 0.3 is 11.9 Å². The van der Waals surface area contributed by atoms with Crippen LogP contribution in [-0.4, -0.2) is 302 Å². The summed E-state index contributed by atoms with van der Waals surface area (Å²) in [6.45, 7) is -2.39. The molecule has 0 aromatic rings. The number of esters is 2. The summed E-state index contributed by atoms with van der Waals surface area (Å²) in [6.07, 6.45) is -41.1. The van der Waals surface area contributed by atoms with E-state index in [9.17, 15) is 101 Å². The minimum atomic E-state index is -2.00. The summed E-state index contributed by atoms with van der Waals surface area (Å²) in [5.74, 6) is -5.04. The van der Waals surface area contributed by atoms with Crippen molar-refractivity contribution in [3.8, 4) is 0 Å². The third-order valence-corrected chi connectivity index (χ3v) is 18.0. The van der Waals surface area contributed by atoms with Gasteiger partial charge in [0, 0.05) is 25.2 Å². The van der Waals surface area contributed by atoms with Gasteiger partial charge in [0.25, 0.3) is 0 Å². The minimum Gasteiger partial charge on any atom is -0.462 e. The van der Waals surface area contributed by atoms with Gasteiger partial charge in [0.2, 0.25) is 0 Å². The molecule has 31 atom stereocenters. The monoisotopic (exact) mass is 1170 g/mol. The smallest absolute Gasteiger partial charge is 0.317 e. The molecule has 16 unspecified atom stereocenters. The first-order valence-corrected chi connectivity index (χ1v) is 28.0. The van der Waals surface area contributed by atoms with Gasteiger partial charge in [-0.3, -0.25) is 14.4 Å². The molecule has 30 nitrogen and oxygen atoms in total. The Bertz CT molecular complexity index is 2080. The molecule has 0 spiro atoms. The summed E-state index contributed by atoms with van der Waals surface area (Å²) in [6, 6.07) is 0. The number of hydrogen-bond donors (Lipinski definition) is 17. The zero-order valence-electron chi connectivity index (χ0n) is 44.1. The summed E-state index contributed by atoms with van der Waals surface area (Å²) >= 11 is 0. The van der Waals surface area contributed by atoms with Crippen molar-refractivity contribution in [3.63, 3.8) is 0 Å². The molecular formula is C51H80O30. The van der Waals surface area contributed by atoms with Crippen molar-refractivity contribution in [2.75, 3.05) is 19.8 Å². The van der Waals surface area contributed by atoms with E-state index in [1.165, 1.54) is 0 Å². The Morgan fingerprint density at radius 2 is 0.975 bits per heavy atom. The molecule has 4 saturated carbocycles. The van der Waals surface area contributed by atoms with Gasteiger partial charge in [-0.1, -0.05) is 0 Å². The van der Waals surface area contributed by atoms with Crippen molar-refractivity contribution in [3.05, 3.63) is 0 Å². The van der Waals surface area contributed by atoms with E-state index < -0.39 is 234 Å². The number of aliphatic hydroxyl groups excluding tert-OH is 17. The molecule has 30 heteroatoms. The lowest BCUT2D eigenvalue weighted by Gasteiger charge is -2.51. The maximum Gasteiger partial charge on any atom is 0.317 e. The zero-order valence-corrected chi connectivity index (χ0v) is 44.1. The molecule has 0 bridgehead atoms. The third kappa shape index (κ3) is 14.1. The Morgan fingerprint density at radius 1 is 0.432 bits per heavy atom. The van der Waals surface area contributed by atoms with E-state index in [-0.39, 0.29) is 69.5 Å². The maximum atomic E-state index is 13.2. The van der Waals surface area contributed by atoms with Gasteiger partial charge in [-0.2, -0.15) is 0 Å². The quantitative estimate of drug-likeness (QED) is 0.0535. The first-order valence-electron chi connectivity index (χ1n) is 28.0. The predicted molar refractivity (Wildman–Crippen MR) is 257 cm³/mol. The fraction of sp³-hybridized carbons (Fsp3) is 0.941. The number of fused-ring (bicyclic) bond motifs is 2. The summed E-state index contributed by atoms with van der Waals surface area (Å²) in [5.41, 5.74) is 0. The topological polar surface area (TPSA) is 487 Å². The predicted octanol–water partition coefficient (Wildman–Crippen LogP) is -8.53. The average molecular weight is 1170 g/mol. The number of ketones is 1. The van der Waals surface area contributed by atoms with Gasteiger partial charge in [-0.15, -0.1) is 0 Å². The van der Waals surface area contributed by atoms with Crippen LogP contribution in [0.3, 0.4) is 0 Å². The first-order chi connectivity index (χ1) is 38.4. The molecule has 9 fully saturated rings. The van der Waals surface area contributed by atoms with Gasteiger partial charge in [0.1, 0.15) is 105 Å². The van der Waals surface area contributed by atoms with Crippen LogP contribution in [-0.2, 0) is 61.8 Å². The van der Waals surface area contributed by atoms with Crippen molar-refractivity contribution in [1.29, 1.82) is 0 Å². The van der Waals surface area contributed by atoms with Crippen LogP contribution in [0.5, 0.6) is 0 Å². The number of aliphatic hydroxyl groups is 17. The zero-order chi connectivity index (χ0) is 58.5. The van der Waals surface area contributed by atoms with E-state index in [0.29, 0.717) is 12.8 Å². The highest BCUT2D eigenvalue weighted by Crippen LogP contribution is 2.45. The Balaban J connectivity index is 0.743.